The van der Waals surface area contributed by atoms with Gasteiger partial charge in [-0.1, -0.05) is 6.92 Å². The van der Waals surface area contributed by atoms with Crippen LogP contribution in [0.2, 0.25) is 0 Å². The zero-order valence-electron chi connectivity index (χ0n) is 12.2. The van der Waals surface area contributed by atoms with E-state index in [-0.39, 0.29) is 0 Å². The van der Waals surface area contributed by atoms with Crippen LogP contribution in [-0.4, -0.2) is 25.9 Å². The van der Waals surface area contributed by atoms with Crippen LogP contribution in [0.1, 0.15) is 23.0 Å². The number of rotatable bonds is 6. The Kier molecular flexibility index (Phi) is 4.77. The summed E-state index contributed by atoms with van der Waals surface area (Å²) in [6.45, 7) is 1.91. The number of nitrogens with zero attached hydrogens (tertiary/aromatic N) is 1. The summed E-state index contributed by atoms with van der Waals surface area (Å²) in [4.78, 5) is 15.1. The van der Waals surface area contributed by atoms with Gasteiger partial charge in [0.15, 0.2) is 6.29 Å². The van der Waals surface area contributed by atoms with Gasteiger partial charge in [0, 0.05) is 17.3 Å². The van der Waals surface area contributed by atoms with E-state index in [1.807, 2.05) is 6.92 Å². The number of pyridine rings is 1. The first-order valence-corrected chi connectivity index (χ1v) is 8.51. The molecule has 0 unspecified atom stereocenters. The van der Waals surface area contributed by atoms with Crippen LogP contribution >= 0.6 is 0 Å². The number of hydrogen-bond acceptors (Lipinski definition) is 5. The Labute approximate surface area is 129 Å². The van der Waals surface area contributed by atoms with Gasteiger partial charge in [0.05, 0.1) is 11.9 Å². The molecule has 0 bridgehead atoms. The summed E-state index contributed by atoms with van der Waals surface area (Å²) < 4.78 is 30.2. The Hall–Kier alpha value is -2.41. The van der Waals surface area contributed by atoms with Crippen molar-refractivity contribution in [3.05, 3.63) is 47.7 Å². The second-order valence-corrected chi connectivity index (χ2v) is 6.41. The van der Waals surface area contributed by atoms with Crippen molar-refractivity contribution in [2.75, 3.05) is 11.0 Å². The van der Waals surface area contributed by atoms with Gasteiger partial charge in [-0.2, -0.15) is 0 Å². The van der Waals surface area contributed by atoms with Crippen molar-refractivity contribution in [1.82, 2.24) is 4.98 Å². The molecule has 0 saturated carbocycles. The van der Waals surface area contributed by atoms with E-state index in [1.165, 1.54) is 0 Å². The molecule has 1 aromatic carbocycles. The SMILES string of the molecule is CCc1nc(Oc2ccc(NS(C)(=O)=O)cc2)ccc1C=O. The average Bonchev–Trinajstić information content (AvgIpc) is 2.47. The van der Waals surface area contributed by atoms with Gasteiger partial charge < -0.3 is 4.74 Å². The van der Waals surface area contributed by atoms with Crippen LogP contribution in [0.25, 0.3) is 0 Å². The Bertz CT molecular complexity index is 771. The van der Waals surface area contributed by atoms with Gasteiger partial charge in [-0.25, -0.2) is 13.4 Å². The molecule has 0 atom stereocenters. The molecule has 7 heteroatoms. The molecule has 1 heterocycles. The van der Waals surface area contributed by atoms with Gasteiger partial charge in [-0.05, 0) is 36.8 Å². The number of aldehydes is 1. The molecule has 22 heavy (non-hydrogen) atoms. The largest absolute Gasteiger partial charge is 0.439 e. The van der Waals surface area contributed by atoms with Crippen LogP contribution in [0.4, 0.5) is 5.69 Å². The number of nitrogens with one attached hydrogen (secondary N) is 1. The topological polar surface area (TPSA) is 85.4 Å². The number of anilines is 1. The monoisotopic (exact) mass is 320 g/mol. The van der Waals surface area contributed by atoms with E-state index in [4.69, 9.17) is 4.74 Å². The van der Waals surface area contributed by atoms with Crippen LogP contribution in [0.15, 0.2) is 36.4 Å². The number of ether oxygens (including phenoxy) is 1. The fraction of sp³-hybridized carbons (Fsp3) is 0.200. The van der Waals surface area contributed by atoms with Gasteiger partial charge >= 0.3 is 0 Å². The van der Waals surface area contributed by atoms with Crippen molar-refractivity contribution in [2.45, 2.75) is 13.3 Å². The lowest BCUT2D eigenvalue weighted by Gasteiger charge is -2.08. The molecule has 0 aliphatic carbocycles. The number of hydrogen-bond donors (Lipinski definition) is 1. The molecule has 0 saturated heterocycles. The minimum Gasteiger partial charge on any atom is -0.439 e. The Balaban J connectivity index is 2.15. The Morgan fingerprint density at radius 1 is 1.18 bits per heavy atom. The first-order valence-electron chi connectivity index (χ1n) is 6.62. The quantitative estimate of drug-likeness (QED) is 0.827. The standard InChI is InChI=1S/C15H16N2O4S/c1-3-14-11(10-18)4-9-15(16-14)21-13-7-5-12(6-8-13)17-22(2,19)20/h4-10,17H,3H2,1-2H3. The minimum absolute atomic E-state index is 0.381. The fourth-order valence-electron chi connectivity index (χ4n) is 1.87. The second kappa shape index (κ2) is 6.57. The third kappa shape index (κ3) is 4.29. The molecule has 2 aromatic rings. The van der Waals surface area contributed by atoms with Crippen LogP contribution in [0.3, 0.4) is 0 Å². The summed E-state index contributed by atoms with van der Waals surface area (Å²) in [5.41, 5.74) is 1.67. The predicted octanol–water partition coefficient (Wildman–Crippen LogP) is 2.62. The highest BCUT2D eigenvalue weighted by Crippen LogP contribution is 2.23. The summed E-state index contributed by atoms with van der Waals surface area (Å²) in [6, 6.07) is 9.73. The van der Waals surface area contributed by atoms with Gasteiger partial charge in [0.25, 0.3) is 0 Å². The normalized spacial score (nSPS) is 11.0. The van der Waals surface area contributed by atoms with E-state index >= 15 is 0 Å². The average molecular weight is 320 g/mol. The van der Waals surface area contributed by atoms with Crippen molar-refractivity contribution in [1.29, 1.82) is 0 Å². The Morgan fingerprint density at radius 3 is 2.41 bits per heavy atom. The number of sulfonamides is 1. The molecule has 0 fully saturated rings. The van der Waals surface area contributed by atoms with Gasteiger partial charge in [-0.15, -0.1) is 0 Å². The number of aromatic nitrogens is 1. The molecule has 0 aliphatic heterocycles. The van der Waals surface area contributed by atoms with Crippen molar-refractivity contribution in [2.24, 2.45) is 0 Å². The molecular weight excluding hydrogens is 304 g/mol. The maximum absolute atomic E-state index is 11.1. The highest BCUT2D eigenvalue weighted by atomic mass is 32.2. The minimum atomic E-state index is -3.30. The lowest BCUT2D eigenvalue weighted by atomic mass is 10.2. The first-order chi connectivity index (χ1) is 10.4. The zero-order chi connectivity index (χ0) is 16.2. The number of benzene rings is 1. The number of carbonyl (C=O) groups is 1. The van der Waals surface area contributed by atoms with E-state index in [9.17, 15) is 13.2 Å². The molecule has 0 radical (unpaired) electrons. The summed E-state index contributed by atoms with van der Waals surface area (Å²) in [5.74, 6) is 0.902. The maximum atomic E-state index is 11.1. The fourth-order valence-corrected chi connectivity index (χ4v) is 2.43. The molecule has 116 valence electrons. The van der Waals surface area contributed by atoms with Gasteiger partial charge in [0.2, 0.25) is 15.9 Å². The zero-order valence-corrected chi connectivity index (χ0v) is 13.1. The van der Waals surface area contributed by atoms with E-state index < -0.39 is 10.0 Å². The van der Waals surface area contributed by atoms with Crippen LogP contribution in [-0.2, 0) is 16.4 Å². The van der Waals surface area contributed by atoms with Crippen molar-refractivity contribution >= 4 is 22.0 Å². The van der Waals surface area contributed by atoms with Gasteiger partial charge in [-0.3, -0.25) is 9.52 Å². The number of aryl methyl sites for hydroxylation is 1. The molecular formula is C15H16N2O4S. The predicted molar refractivity (Wildman–Crippen MR) is 84.0 cm³/mol. The van der Waals surface area contributed by atoms with Crippen molar-refractivity contribution < 1.29 is 17.9 Å². The summed E-state index contributed by atoms with van der Waals surface area (Å²) >= 11 is 0. The highest BCUT2D eigenvalue weighted by molar-refractivity contribution is 7.92. The van der Waals surface area contributed by atoms with Crippen molar-refractivity contribution in [3.8, 4) is 11.6 Å². The Morgan fingerprint density at radius 2 is 1.86 bits per heavy atom. The smallest absolute Gasteiger partial charge is 0.229 e. The van der Waals surface area contributed by atoms with E-state index in [0.717, 1.165) is 12.5 Å². The van der Waals surface area contributed by atoms with E-state index in [1.54, 1.807) is 36.4 Å². The maximum Gasteiger partial charge on any atom is 0.229 e. The van der Waals surface area contributed by atoms with E-state index in [2.05, 4.69) is 9.71 Å². The molecule has 6 nitrogen and oxygen atoms in total. The summed E-state index contributed by atoms with van der Waals surface area (Å²) in [5, 5.41) is 0. The van der Waals surface area contributed by atoms with E-state index in [0.29, 0.717) is 35.0 Å². The molecule has 0 amide bonds. The molecule has 0 spiro atoms. The van der Waals surface area contributed by atoms with Crippen LogP contribution < -0.4 is 9.46 Å². The third-order valence-corrected chi connectivity index (χ3v) is 3.43. The first kappa shape index (κ1) is 16.0. The van der Waals surface area contributed by atoms with Crippen molar-refractivity contribution in [3.63, 3.8) is 0 Å². The summed E-state index contributed by atoms with van der Waals surface area (Å²) in [7, 11) is -3.30. The van der Waals surface area contributed by atoms with Crippen LogP contribution in [0.5, 0.6) is 11.6 Å². The third-order valence-electron chi connectivity index (χ3n) is 2.83. The molecule has 2 rings (SSSR count). The molecule has 0 aliphatic rings. The lowest BCUT2D eigenvalue weighted by Crippen LogP contribution is -2.09. The number of carbonyl (C=O) groups excluding carboxylic acids is 1. The molecule has 1 N–H and O–H groups in total. The molecule has 1 aromatic heterocycles. The summed E-state index contributed by atoms with van der Waals surface area (Å²) in [6.07, 6.45) is 2.48. The second-order valence-electron chi connectivity index (χ2n) is 4.66. The van der Waals surface area contributed by atoms with Gasteiger partial charge in [0.1, 0.15) is 5.75 Å². The highest BCUT2D eigenvalue weighted by Gasteiger charge is 2.06. The lowest BCUT2D eigenvalue weighted by molar-refractivity contribution is 0.112. The van der Waals surface area contributed by atoms with Crippen LogP contribution in [0, 0.1) is 0 Å².